The van der Waals surface area contributed by atoms with Crippen molar-refractivity contribution in [1.82, 2.24) is 15.3 Å². The maximum Gasteiger partial charge on any atom is 0.469 e. The summed E-state index contributed by atoms with van der Waals surface area (Å²) in [5.74, 6) is 1.33. The number of aromatic nitrogens is 2. The number of amides is 1. The molecule has 1 saturated heterocycles. The second kappa shape index (κ2) is 11.6. The van der Waals surface area contributed by atoms with E-state index in [1.807, 2.05) is 12.1 Å². The smallest absolute Gasteiger partial charge is 0.469 e. The molecule has 39 heavy (non-hydrogen) atoms. The molecule has 0 atom stereocenters. The normalized spacial score (nSPS) is 22.4. The Balaban J connectivity index is 1.29. The second-order valence-corrected chi connectivity index (χ2v) is 12.4. The van der Waals surface area contributed by atoms with Crippen molar-refractivity contribution in [1.29, 1.82) is 0 Å². The van der Waals surface area contributed by atoms with Gasteiger partial charge in [-0.1, -0.05) is 17.7 Å². The molecule has 3 fully saturated rings. The third-order valence-electron chi connectivity index (χ3n) is 8.06. The van der Waals surface area contributed by atoms with E-state index in [9.17, 15) is 9.36 Å². The van der Waals surface area contributed by atoms with Crippen LogP contribution in [0.15, 0.2) is 24.4 Å². The Morgan fingerprint density at radius 3 is 2.51 bits per heavy atom. The Morgan fingerprint density at radius 1 is 1.18 bits per heavy atom. The lowest BCUT2D eigenvalue weighted by Gasteiger charge is -2.32. The van der Waals surface area contributed by atoms with Gasteiger partial charge in [0.15, 0.2) is 0 Å². The third-order valence-corrected chi connectivity index (χ3v) is 8.92. The Hall–Kier alpha value is -2.43. The van der Waals surface area contributed by atoms with Crippen LogP contribution < -0.4 is 20.3 Å². The van der Waals surface area contributed by atoms with Gasteiger partial charge in [-0.25, -0.2) is 9.55 Å². The molecule has 2 saturated carbocycles. The van der Waals surface area contributed by atoms with Gasteiger partial charge in [0.1, 0.15) is 17.1 Å². The highest BCUT2D eigenvalue weighted by Gasteiger charge is 2.44. The molecule has 3 aliphatic rings. The largest absolute Gasteiger partial charge is 0.495 e. The van der Waals surface area contributed by atoms with Gasteiger partial charge in [-0.3, -0.25) is 9.32 Å². The molecule has 0 unspecified atom stereocenters. The van der Waals surface area contributed by atoms with Crippen LogP contribution in [-0.2, 0) is 15.6 Å². The number of hydrogen-bond acceptors (Lipinski definition) is 8. The molecule has 1 aliphatic heterocycles. The van der Waals surface area contributed by atoms with Gasteiger partial charge in [0.2, 0.25) is 5.95 Å². The van der Waals surface area contributed by atoms with Crippen molar-refractivity contribution in [2.75, 3.05) is 30.4 Å². The zero-order valence-corrected chi connectivity index (χ0v) is 23.6. The van der Waals surface area contributed by atoms with Crippen molar-refractivity contribution in [2.45, 2.75) is 70.1 Å². The number of carbonyl (C=O) groups excluding carboxylic acids is 1. The number of piperidine rings is 1. The number of carbonyl (C=O) groups is 1. The number of nitrogens with zero attached hydrogens (tertiary/aromatic N) is 3. The van der Waals surface area contributed by atoms with Crippen molar-refractivity contribution < 1.29 is 28.4 Å². The number of ether oxygens (including phenoxy) is 1. The SMILES string of the molecule is COc1ccc(CNc2nc(N3CCC4(CC3)CC4)ncc2C(=O)N[C@H]2CC[C@H](OP(=O)(O)O)CC2)cc1Cl. The minimum Gasteiger partial charge on any atom is -0.495 e. The molecule has 1 aromatic carbocycles. The van der Waals surface area contributed by atoms with Gasteiger partial charge in [-0.05, 0) is 74.5 Å². The third kappa shape index (κ3) is 7.21. The summed E-state index contributed by atoms with van der Waals surface area (Å²) in [6, 6.07) is 5.37. The van der Waals surface area contributed by atoms with E-state index >= 15 is 0 Å². The zero-order valence-electron chi connectivity index (χ0n) is 21.9. The van der Waals surface area contributed by atoms with Gasteiger partial charge in [-0.15, -0.1) is 0 Å². The van der Waals surface area contributed by atoms with Crippen LogP contribution in [0.5, 0.6) is 5.75 Å². The number of phosphoric ester groups is 1. The van der Waals surface area contributed by atoms with Crippen LogP contribution in [0.1, 0.15) is 67.3 Å². The molecule has 5 rings (SSSR count). The maximum absolute atomic E-state index is 13.3. The highest BCUT2D eigenvalue weighted by molar-refractivity contribution is 7.46. The van der Waals surface area contributed by atoms with E-state index in [2.05, 4.69) is 20.5 Å². The molecular formula is C26H35ClN5O6P. The molecule has 2 aliphatic carbocycles. The number of anilines is 2. The summed E-state index contributed by atoms with van der Waals surface area (Å²) in [5, 5.41) is 6.85. The molecule has 1 spiro atoms. The van der Waals surface area contributed by atoms with Crippen molar-refractivity contribution in [3.8, 4) is 5.75 Å². The fraction of sp³-hybridized carbons (Fsp3) is 0.577. The first-order valence-corrected chi connectivity index (χ1v) is 15.3. The van der Waals surface area contributed by atoms with Crippen molar-refractivity contribution >= 4 is 37.1 Å². The molecule has 1 aromatic heterocycles. The van der Waals surface area contributed by atoms with Crippen molar-refractivity contribution in [2.24, 2.45) is 5.41 Å². The zero-order chi connectivity index (χ0) is 27.6. The highest BCUT2D eigenvalue weighted by atomic mass is 35.5. The molecule has 2 aromatic rings. The predicted octanol–water partition coefficient (Wildman–Crippen LogP) is 4.28. The van der Waals surface area contributed by atoms with E-state index in [1.54, 1.807) is 19.4 Å². The van der Waals surface area contributed by atoms with Gasteiger partial charge in [0.25, 0.3) is 5.91 Å². The number of phosphoric acid groups is 1. The van der Waals surface area contributed by atoms with Crippen molar-refractivity contribution in [3.63, 3.8) is 0 Å². The number of halogens is 1. The van der Waals surface area contributed by atoms with Gasteiger partial charge < -0.3 is 30.1 Å². The van der Waals surface area contributed by atoms with Gasteiger partial charge in [-0.2, -0.15) is 4.98 Å². The van der Waals surface area contributed by atoms with E-state index < -0.39 is 13.9 Å². The van der Waals surface area contributed by atoms with Crippen LogP contribution in [0.4, 0.5) is 11.8 Å². The number of rotatable bonds is 9. The Kier molecular flexibility index (Phi) is 8.35. The monoisotopic (exact) mass is 579 g/mol. The lowest BCUT2D eigenvalue weighted by molar-refractivity contribution is 0.0820. The average molecular weight is 580 g/mol. The molecule has 11 nitrogen and oxygen atoms in total. The lowest BCUT2D eigenvalue weighted by Crippen LogP contribution is -2.39. The summed E-state index contributed by atoms with van der Waals surface area (Å²) >= 11 is 6.30. The fourth-order valence-corrected chi connectivity index (χ4v) is 6.34. The minimum atomic E-state index is -4.53. The second-order valence-electron chi connectivity index (χ2n) is 10.8. The summed E-state index contributed by atoms with van der Waals surface area (Å²) in [6.45, 7) is 2.20. The number of nitrogens with one attached hydrogen (secondary N) is 2. The van der Waals surface area contributed by atoms with Crippen LogP contribution >= 0.6 is 19.4 Å². The van der Waals surface area contributed by atoms with Crippen LogP contribution in [0.2, 0.25) is 5.02 Å². The van der Waals surface area contributed by atoms with Crippen LogP contribution in [0, 0.1) is 5.41 Å². The van der Waals surface area contributed by atoms with Gasteiger partial charge in [0.05, 0.1) is 18.2 Å². The standard InChI is InChI=1S/C26H35ClN5O6P/c1-37-22-7-2-17(14-21(22)27)15-28-23-20(16-29-25(31-23)32-12-10-26(8-9-26)11-13-32)24(33)30-18-3-5-19(6-4-18)38-39(34,35)36/h2,7,14,16,18-19H,3-6,8-13,15H2,1H3,(H,30,33)(H,28,29,31)(H2,34,35,36)/t18-,19-. The van der Waals surface area contributed by atoms with Gasteiger partial charge in [0, 0.05) is 31.9 Å². The van der Waals surface area contributed by atoms with E-state index in [1.165, 1.54) is 12.8 Å². The van der Waals surface area contributed by atoms with Crippen molar-refractivity contribution in [3.05, 3.63) is 40.5 Å². The molecule has 13 heteroatoms. The summed E-state index contributed by atoms with van der Waals surface area (Å²) in [4.78, 5) is 43.0. The number of hydrogen-bond donors (Lipinski definition) is 4. The highest BCUT2D eigenvalue weighted by Crippen LogP contribution is 2.53. The Morgan fingerprint density at radius 2 is 1.90 bits per heavy atom. The molecule has 0 bridgehead atoms. The minimum absolute atomic E-state index is 0.140. The van der Waals surface area contributed by atoms with Gasteiger partial charge >= 0.3 is 7.82 Å². The number of methoxy groups -OCH3 is 1. The van der Waals surface area contributed by atoms with E-state index in [0.717, 1.165) is 31.5 Å². The first-order valence-electron chi connectivity index (χ1n) is 13.4. The van der Waals surface area contributed by atoms with E-state index in [0.29, 0.717) is 65.7 Å². The molecular weight excluding hydrogens is 545 g/mol. The molecule has 2 heterocycles. The summed E-state index contributed by atoms with van der Waals surface area (Å²) in [5.41, 5.74) is 1.77. The lowest BCUT2D eigenvalue weighted by atomic mass is 9.93. The molecule has 1 amide bonds. The molecule has 0 radical (unpaired) electrons. The first kappa shape index (κ1) is 28.1. The molecule has 212 valence electrons. The Labute approximate surface area is 232 Å². The first-order chi connectivity index (χ1) is 18.6. The van der Waals surface area contributed by atoms with E-state index in [-0.39, 0.29) is 11.9 Å². The number of benzene rings is 1. The Bertz CT molecular complexity index is 1240. The maximum atomic E-state index is 13.3. The van der Waals surface area contributed by atoms with Crippen LogP contribution in [0.25, 0.3) is 0 Å². The van der Waals surface area contributed by atoms with E-state index in [4.69, 9.17) is 35.6 Å². The predicted molar refractivity (Wildman–Crippen MR) is 147 cm³/mol. The average Bonchev–Trinajstić information content (AvgIpc) is 3.66. The topological polar surface area (TPSA) is 146 Å². The summed E-state index contributed by atoms with van der Waals surface area (Å²) in [7, 11) is -2.96. The van der Waals surface area contributed by atoms with Crippen LogP contribution in [-0.4, -0.2) is 58.0 Å². The quantitative estimate of drug-likeness (QED) is 0.317. The molecule has 4 N–H and O–H groups in total. The van der Waals surface area contributed by atoms with Crippen LogP contribution in [0.3, 0.4) is 0 Å². The summed E-state index contributed by atoms with van der Waals surface area (Å²) < 4.78 is 21.2. The fourth-order valence-electron chi connectivity index (χ4n) is 5.46. The summed E-state index contributed by atoms with van der Waals surface area (Å²) in [6.07, 6.45) is 7.96.